The van der Waals surface area contributed by atoms with Gasteiger partial charge < -0.3 is 17.2 Å². The molecule has 0 aliphatic rings. The number of hydrazone groups is 1. The second-order valence-electron chi connectivity index (χ2n) is 2.40. The molecule has 8 N–H and O–H groups in total. The maximum absolute atomic E-state index is 6.79. The van der Waals surface area contributed by atoms with Crippen molar-refractivity contribution in [3.8, 4) is 0 Å². The summed E-state index contributed by atoms with van der Waals surface area (Å²) in [6.07, 6.45) is 1.97. The molecule has 8 heteroatoms. The molecule has 0 bridgehead atoms. The summed E-state index contributed by atoms with van der Waals surface area (Å²) in [5, 5.41) is 17.5. The molecule has 0 spiro atoms. The highest BCUT2D eigenvalue weighted by molar-refractivity contribution is 5.94. The molecule has 0 unspecified atom stereocenters. The third-order valence-corrected chi connectivity index (χ3v) is 0.999. The summed E-state index contributed by atoms with van der Waals surface area (Å²) in [5.41, 5.74) is 18.1. The molecular weight excluding hydrogens is 184 g/mol. The molecular formula is C6H14N8. The van der Waals surface area contributed by atoms with Crippen LogP contribution in [0.3, 0.4) is 0 Å². The maximum atomic E-state index is 6.79. The monoisotopic (exact) mass is 198 g/mol. The van der Waals surface area contributed by atoms with E-state index >= 15 is 0 Å². The summed E-state index contributed by atoms with van der Waals surface area (Å²) in [6.45, 7) is 1.74. The molecule has 0 radical (unpaired) electrons. The van der Waals surface area contributed by atoms with Gasteiger partial charge in [-0.15, -0.1) is 5.10 Å². The summed E-state index contributed by atoms with van der Waals surface area (Å²) >= 11 is 0. The lowest BCUT2D eigenvalue weighted by Crippen LogP contribution is -2.25. The molecule has 0 aliphatic heterocycles. The molecule has 0 aromatic rings. The largest absolute Gasteiger partial charge is 0.369 e. The lowest BCUT2D eigenvalue weighted by molar-refractivity contribution is 0.997. The SMILES string of the molecule is C/C(C/C=N/NC(=N)N)=N/N=C(N)N. The summed E-state index contributed by atoms with van der Waals surface area (Å²) in [7, 11) is 0. The van der Waals surface area contributed by atoms with Crippen LogP contribution in [0.2, 0.25) is 0 Å². The van der Waals surface area contributed by atoms with Crippen molar-refractivity contribution in [1.82, 2.24) is 5.43 Å². The van der Waals surface area contributed by atoms with Gasteiger partial charge in [-0.05, 0) is 6.92 Å². The van der Waals surface area contributed by atoms with Crippen LogP contribution >= 0.6 is 0 Å². The maximum Gasteiger partial charge on any atom is 0.211 e. The van der Waals surface area contributed by atoms with Gasteiger partial charge in [0.1, 0.15) is 0 Å². The van der Waals surface area contributed by atoms with Crippen molar-refractivity contribution >= 4 is 23.8 Å². The van der Waals surface area contributed by atoms with Gasteiger partial charge >= 0.3 is 0 Å². The van der Waals surface area contributed by atoms with E-state index in [4.69, 9.17) is 22.6 Å². The number of nitrogens with zero attached hydrogens (tertiary/aromatic N) is 3. The van der Waals surface area contributed by atoms with Crippen molar-refractivity contribution in [2.45, 2.75) is 13.3 Å². The molecule has 0 amide bonds. The molecule has 0 aromatic carbocycles. The normalized spacial score (nSPS) is 11.4. The summed E-state index contributed by atoms with van der Waals surface area (Å²) < 4.78 is 0. The second-order valence-corrected chi connectivity index (χ2v) is 2.40. The van der Waals surface area contributed by atoms with Crippen LogP contribution in [0.1, 0.15) is 13.3 Å². The molecule has 8 nitrogen and oxygen atoms in total. The van der Waals surface area contributed by atoms with Gasteiger partial charge in [0.15, 0.2) is 0 Å². The Morgan fingerprint density at radius 2 is 2.00 bits per heavy atom. The number of guanidine groups is 2. The first kappa shape index (κ1) is 11.9. The van der Waals surface area contributed by atoms with Crippen LogP contribution in [0.4, 0.5) is 0 Å². The Bertz CT molecular complexity index is 272. The molecule has 0 saturated carbocycles. The van der Waals surface area contributed by atoms with Crippen LogP contribution in [0.15, 0.2) is 15.3 Å². The fourth-order valence-electron chi connectivity index (χ4n) is 0.477. The Hall–Kier alpha value is -2.12. The lowest BCUT2D eigenvalue weighted by atomic mass is 10.3. The molecule has 0 saturated heterocycles. The van der Waals surface area contributed by atoms with E-state index in [-0.39, 0.29) is 11.9 Å². The first-order valence-electron chi connectivity index (χ1n) is 3.76. The highest BCUT2D eigenvalue weighted by Gasteiger charge is 1.87. The Balaban J connectivity index is 3.90. The molecule has 78 valence electrons. The molecule has 0 heterocycles. The van der Waals surface area contributed by atoms with E-state index in [0.717, 1.165) is 0 Å². The second kappa shape index (κ2) is 6.40. The lowest BCUT2D eigenvalue weighted by Gasteiger charge is -1.93. The van der Waals surface area contributed by atoms with Gasteiger partial charge in [-0.2, -0.15) is 10.2 Å². The van der Waals surface area contributed by atoms with Gasteiger partial charge in [0.05, 0.1) is 0 Å². The van der Waals surface area contributed by atoms with Crippen molar-refractivity contribution in [2.75, 3.05) is 0 Å². The number of hydrogen-bond acceptors (Lipinski definition) is 4. The third-order valence-electron chi connectivity index (χ3n) is 0.999. The number of rotatable bonds is 4. The molecule has 0 aliphatic carbocycles. The predicted molar refractivity (Wildman–Crippen MR) is 57.1 cm³/mol. The van der Waals surface area contributed by atoms with Crippen LogP contribution in [0, 0.1) is 5.41 Å². The minimum Gasteiger partial charge on any atom is -0.369 e. The van der Waals surface area contributed by atoms with Gasteiger partial charge in [-0.25, -0.2) is 5.43 Å². The van der Waals surface area contributed by atoms with Crippen LogP contribution in [-0.4, -0.2) is 23.8 Å². The summed E-state index contributed by atoms with van der Waals surface area (Å²) in [6, 6.07) is 0. The number of nitrogens with two attached hydrogens (primary N) is 3. The Morgan fingerprint density at radius 1 is 1.36 bits per heavy atom. The van der Waals surface area contributed by atoms with E-state index in [9.17, 15) is 0 Å². The molecule has 0 fully saturated rings. The van der Waals surface area contributed by atoms with Crippen molar-refractivity contribution in [3.63, 3.8) is 0 Å². The molecule has 0 atom stereocenters. The zero-order valence-electron chi connectivity index (χ0n) is 7.86. The van der Waals surface area contributed by atoms with Crippen molar-refractivity contribution in [2.24, 2.45) is 32.5 Å². The first-order valence-corrected chi connectivity index (χ1v) is 3.76. The van der Waals surface area contributed by atoms with E-state index in [0.29, 0.717) is 12.1 Å². The predicted octanol–water partition coefficient (Wildman–Crippen LogP) is -1.51. The smallest absolute Gasteiger partial charge is 0.211 e. The standard InChI is InChI=1S/C6H14N8/c1-4(12-14-6(9)10)2-3-11-13-5(7)8/h3H,2H2,1H3,(H4,7,8,13)(H4,9,10,14)/b11-3+,12-4-. The third kappa shape index (κ3) is 7.98. The van der Waals surface area contributed by atoms with Gasteiger partial charge in [0.25, 0.3) is 0 Å². The van der Waals surface area contributed by atoms with Crippen molar-refractivity contribution < 1.29 is 0 Å². The van der Waals surface area contributed by atoms with Crippen LogP contribution in [0.5, 0.6) is 0 Å². The fraction of sp³-hybridized carbons (Fsp3) is 0.333. The fourth-order valence-corrected chi connectivity index (χ4v) is 0.477. The molecule has 14 heavy (non-hydrogen) atoms. The number of nitrogens with one attached hydrogen (secondary N) is 2. The van der Waals surface area contributed by atoms with E-state index in [2.05, 4.69) is 20.7 Å². The van der Waals surface area contributed by atoms with Gasteiger partial charge in [0.2, 0.25) is 11.9 Å². The first-order chi connectivity index (χ1) is 6.52. The van der Waals surface area contributed by atoms with Crippen LogP contribution in [0.25, 0.3) is 0 Å². The minimum absolute atomic E-state index is 0.0943. The minimum atomic E-state index is -0.222. The summed E-state index contributed by atoms with van der Waals surface area (Å²) in [4.78, 5) is 0. The average Bonchev–Trinajstić information content (AvgIpc) is 2.08. The Labute approximate surface area is 81.4 Å². The number of hydrogen-bond donors (Lipinski definition) is 5. The van der Waals surface area contributed by atoms with E-state index in [1.807, 2.05) is 0 Å². The van der Waals surface area contributed by atoms with Crippen LogP contribution < -0.4 is 22.6 Å². The van der Waals surface area contributed by atoms with Crippen LogP contribution in [-0.2, 0) is 0 Å². The molecule has 0 rings (SSSR count). The molecule has 0 aromatic heterocycles. The Morgan fingerprint density at radius 3 is 2.50 bits per heavy atom. The Kier molecular flexibility index (Phi) is 5.43. The topological polar surface area (TPSA) is 151 Å². The quantitative estimate of drug-likeness (QED) is 0.212. The van der Waals surface area contributed by atoms with E-state index < -0.39 is 0 Å². The van der Waals surface area contributed by atoms with Gasteiger partial charge in [-0.1, -0.05) is 0 Å². The van der Waals surface area contributed by atoms with Crippen molar-refractivity contribution in [1.29, 1.82) is 5.41 Å². The van der Waals surface area contributed by atoms with E-state index in [1.54, 1.807) is 6.92 Å². The highest BCUT2D eigenvalue weighted by atomic mass is 15.3. The van der Waals surface area contributed by atoms with Gasteiger partial charge in [0, 0.05) is 18.3 Å². The van der Waals surface area contributed by atoms with E-state index in [1.165, 1.54) is 6.21 Å². The average molecular weight is 198 g/mol. The zero-order valence-corrected chi connectivity index (χ0v) is 7.86. The summed E-state index contributed by atoms with van der Waals surface area (Å²) in [5.74, 6) is -0.316. The highest BCUT2D eigenvalue weighted by Crippen LogP contribution is 1.83. The zero-order chi connectivity index (χ0) is 11.0. The van der Waals surface area contributed by atoms with Gasteiger partial charge in [-0.3, -0.25) is 5.41 Å². The van der Waals surface area contributed by atoms with Crippen molar-refractivity contribution in [3.05, 3.63) is 0 Å².